The number of rotatable bonds is 12. The number of hydrogen-bond acceptors (Lipinski definition) is 4. The van der Waals surface area contributed by atoms with Gasteiger partial charge >= 0.3 is 0 Å². The van der Waals surface area contributed by atoms with E-state index >= 15 is 0 Å². The van der Waals surface area contributed by atoms with E-state index < -0.39 is 5.41 Å². The summed E-state index contributed by atoms with van der Waals surface area (Å²) in [5, 5.41) is 12.3. The molecule has 8 heteroatoms. The van der Waals surface area contributed by atoms with Crippen LogP contribution in [0.5, 0.6) is 0 Å². The van der Waals surface area contributed by atoms with Crippen molar-refractivity contribution in [3.05, 3.63) is 257 Å². The van der Waals surface area contributed by atoms with Crippen molar-refractivity contribution >= 4 is 46.4 Å². The maximum atomic E-state index is 13.8. The number of amides is 4. The highest BCUT2D eigenvalue weighted by Crippen LogP contribution is 2.46. The van der Waals surface area contributed by atoms with Gasteiger partial charge in [-0.2, -0.15) is 0 Å². The Labute approximate surface area is 451 Å². The molecule has 0 atom stereocenters. The third-order valence-electron chi connectivity index (χ3n) is 14.2. The van der Waals surface area contributed by atoms with Gasteiger partial charge in [0.1, 0.15) is 0 Å². The molecule has 0 aliphatic carbocycles. The number of carbonyl (C=O) groups is 4. The van der Waals surface area contributed by atoms with E-state index in [9.17, 15) is 19.2 Å². The summed E-state index contributed by atoms with van der Waals surface area (Å²) in [6, 6.07) is 45.2. The fourth-order valence-electron chi connectivity index (χ4n) is 9.87. The molecule has 0 fully saturated rings. The van der Waals surface area contributed by atoms with E-state index in [1.165, 1.54) is 0 Å². The van der Waals surface area contributed by atoms with Gasteiger partial charge in [-0.3, -0.25) is 19.2 Å². The summed E-state index contributed by atoms with van der Waals surface area (Å²) in [5.41, 5.74) is 15.6. The molecule has 0 saturated carbocycles. The third kappa shape index (κ3) is 10.8. The summed E-state index contributed by atoms with van der Waals surface area (Å²) >= 11 is 0. The number of carbonyl (C=O) groups excluding carboxylic acids is 4. The molecule has 0 radical (unpaired) electrons. The van der Waals surface area contributed by atoms with E-state index in [0.717, 1.165) is 89.0 Å². The van der Waals surface area contributed by atoms with E-state index in [2.05, 4.69) is 44.9 Å². The van der Waals surface area contributed by atoms with Crippen LogP contribution >= 0.6 is 0 Å². The SMILES string of the molecule is C#Cc1cc(C)c(C(=O)Nc2ccc(C(c3ccc(NC(=O)c4cc(C)c(C#C)cc4C)cc3)(c3ccc(NC(=O)c4cc(C)c(C#C)cc4C)cc3)c3ccc(NC(=O)c4cc(C)c(C#C)cc4C)cc3)cc2)cc1C. The lowest BCUT2D eigenvalue weighted by Gasteiger charge is -2.37. The fraction of sp³-hybridized carbons (Fsp3) is 0.130. The highest BCUT2D eigenvalue weighted by Gasteiger charge is 2.39. The van der Waals surface area contributed by atoms with Crippen molar-refractivity contribution < 1.29 is 19.2 Å². The van der Waals surface area contributed by atoms with E-state index in [-0.39, 0.29) is 23.6 Å². The van der Waals surface area contributed by atoms with Gasteiger partial charge < -0.3 is 21.3 Å². The summed E-state index contributed by atoms with van der Waals surface area (Å²) < 4.78 is 0. The van der Waals surface area contributed by atoms with Crippen LogP contribution in [0.2, 0.25) is 0 Å². The Balaban J connectivity index is 1.25. The van der Waals surface area contributed by atoms with Gasteiger partial charge in [0.2, 0.25) is 0 Å². The van der Waals surface area contributed by atoms with Crippen molar-refractivity contribution in [3.8, 4) is 49.4 Å². The van der Waals surface area contributed by atoms with Gasteiger partial charge in [-0.15, -0.1) is 25.7 Å². The van der Waals surface area contributed by atoms with Gasteiger partial charge in [-0.1, -0.05) is 72.2 Å². The second-order valence-electron chi connectivity index (χ2n) is 19.4. The van der Waals surface area contributed by atoms with Crippen LogP contribution in [0, 0.1) is 105 Å². The summed E-state index contributed by atoms with van der Waals surface area (Å²) in [7, 11) is 0. The molecule has 376 valence electrons. The zero-order valence-corrected chi connectivity index (χ0v) is 44.3. The Kier molecular flexibility index (Phi) is 15.3. The monoisotopic (exact) mass is 1000 g/mol. The minimum Gasteiger partial charge on any atom is -0.322 e. The number of aryl methyl sites for hydroxylation is 8. The molecule has 4 amide bonds. The minimum absolute atomic E-state index is 0.284. The van der Waals surface area contributed by atoms with Crippen LogP contribution in [0.25, 0.3) is 0 Å². The lowest BCUT2D eigenvalue weighted by molar-refractivity contribution is 0.101. The minimum atomic E-state index is -1.11. The predicted molar refractivity (Wildman–Crippen MR) is 312 cm³/mol. The Morgan fingerprint density at radius 2 is 0.481 bits per heavy atom. The largest absolute Gasteiger partial charge is 0.322 e. The van der Waals surface area contributed by atoms with Crippen molar-refractivity contribution in [2.24, 2.45) is 0 Å². The predicted octanol–water partition coefficient (Wildman–Crippen LogP) is 13.5. The molecule has 77 heavy (non-hydrogen) atoms. The van der Waals surface area contributed by atoms with Crippen molar-refractivity contribution in [2.45, 2.75) is 60.8 Å². The second-order valence-corrected chi connectivity index (χ2v) is 19.4. The average molecular weight is 1010 g/mol. The van der Waals surface area contributed by atoms with Gasteiger partial charge in [0, 0.05) is 67.3 Å². The zero-order valence-electron chi connectivity index (χ0n) is 44.3. The first kappa shape index (κ1) is 53.2. The molecule has 4 N–H and O–H groups in total. The van der Waals surface area contributed by atoms with Crippen molar-refractivity contribution in [3.63, 3.8) is 0 Å². The number of nitrogens with one attached hydrogen (secondary N) is 4. The van der Waals surface area contributed by atoms with E-state index in [1.807, 2.05) is 177 Å². The van der Waals surface area contributed by atoms with Crippen LogP contribution in [0.1, 0.15) is 130 Å². The Bertz CT molecular complexity index is 3360. The van der Waals surface area contributed by atoms with E-state index in [4.69, 9.17) is 25.7 Å². The van der Waals surface area contributed by atoms with Crippen LogP contribution < -0.4 is 21.3 Å². The number of benzene rings is 8. The summed E-state index contributed by atoms with van der Waals surface area (Å²) in [6.45, 7) is 14.9. The smallest absolute Gasteiger partial charge is 0.255 e. The molecule has 0 aliphatic rings. The van der Waals surface area contributed by atoms with Gasteiger partial charge in [0.05, 0.1) is 5.41 Å². The molecular formula is C69H56N4O4. The first-order valence-corrected chi connectivity index (χ1v) is 24.9. The second kappa shape index (κ2) is 22.2. The zero-order chi connectivity index (χ0) is 55.3. The molecular weight excluding hydrogens is 949 g/mol. The van der Waals surface area contributed by atoms with Crippen LogP contribution in [-0.4, -0.2) is 23.6 Å². The normalized spacial score (nSPS) is 10.8. The Morgan fingerprint density at radius 3 is 0.649 bits per heavy atom. The molecule has 8 nitrogen and oxygen atoms in total. The quantitative estimate of drug-likeness (QED) is 0.0720. The molecule has 0 bridgehead atoms. The molecule has 0 saturated heterocycles. The molecule has 8 aromatic carbocycles. The van der Waals surface area contributed by atoms with Crippen molar-refractivity contribution in [1.82, 2.24) is 0 Å². The standard InChI is InChI=1S/C69H56N4O4/c1-13-49-33-45(9)61(37-41(49)5)65(74)70-57-25-17-53(18-26-57)69(54-19-27-58(28-20-54)71-66(75)62-38-42(6)50(14-2)34-46(62)10,55-21-29-59(30-22-55)72-67(76)63-39-43(7)51(15-3)35-47(63)11)56-23-31-60(32-24-56)73-68(77)64-40-44(8)52(16-4)36-48(64)12/h1-4,17-40H,5-12H3,(H,70,74)(H,71,75)(H,72,76)(H,73,77). The molecule has 0 spiro atoms. The number of anilines is 4. The van der Waals surface area contributed by atoms with Crippen molar-refractivity contribution in [1.29, 1.82) is 0 Å². The number of terminal acetylenes is 4. The Hall–Kier alpha value is -10.1. The van der Waals surface area contributed by atoms with Crippen LogP contribution in [0.4, 0.5) is 22.7 Å². The van der Waals surface area contributed by atoms with E-state index in [0.29, 0.717) is 45.0 Å². The van der Waals surface area contributed by atoms with Crippen LogP contribution in [0.15, 0.2) is 146 Å². The summed E-state index contributed by atoms with van der Waals surface area (Å²) in [6.07, 6.45) is 22.9. The van der Waals surface area contributed by atoms with Gasteiger partial charge in [0.25, 0.3) is 23.6 Å². The lowest BCUT2D eigenvalue weighted by Crippen LogP contribution is -2.31. The highest BCUT2D eigenvalue weighted by molar-refractivity contribution is 6.08. The molecule has 0 unspecified atom stereocenters. The lowest BCUT2D eigenvalue weighted by atomic mass is 9.65. The summed E-state index contributed by atoms with van der Waals surface area (Å²) in [4.78, 5) is 55.4. The van der Waals surface area contributed by atoms with Gasteiger partial charge in [0.15, 0.2) is 0 Å². The molecule has 0 heterocycles. The maximum Gasteiger partial charge on any atom is 0.255 e. The molecule has 8 rings (SSSR count). The van der Waals surface area contributed by atoms with Gasteiger partial charge in [-0.25, -0.2) is 0 Å². The average Bonchev–Trinajstić information content (AvgIpc) is 3.42. The van der Waals surface area contributed by atoms with E-state index in [1.54, 1.807) is 24.3 Å². The van der Waals surface area contributed by atoms with Gasteiger partial charge in [-0.05, 0) is 219 Å². The highest BCUT2D eigenvalue weighted by atomic mass is 16.2. The maximum absolute atomic E-state index is 13.8. The van der Waals surface area contributed by atoms with Crippen LogP contribution in [-0.2, 0) is 5.41 Å². The summed E-state index contributed by atoms with van der Waals surface area (Å²) in [5.74, 6) is 9.60. The van der Waals surface area contributed by atoms with Crippen LogP contribution in [0.3, 0.4) is 0 Å². The topological polar surface area (TPSA) is 116 Å². The molecule has 8 aromatic rings. The van der Waals surface area contributed by atoms with Crippen molar-refractivity contribution in [2.75, 3.05) is 21.3 Å². The first-order valence-electron chi connectivity index (χ1n) is 24.9. The molecule has 0 aliphatic heterocycles. The third-order valence-corrected chi connectivity index (χ3v) is 14.2. The first-order chi connectivity index (χ1) is 36.9. The molecule has 0 aromatic heterocycles. The Morgan fingerprint density at radius 1 is 0.299 bits per heavy atom. The number of hydrogen-bond donors (Lipinski definition) is 4. The fourth-order valence-corrected chi connectivity index (χ4v) is 9.87.